The Labute approximate surface area is 107 Å². The second kappa shape index (κ2) is 4.97. The first-order valence-electron chi connectivity index (χ1n) is 6.31. The van der Waals surface area contributed by atoms with Gasteiger partial charge in [0.05, 0.1) is 5.69 Å². The highest BCUT2D eigenvalue weighted by atomic mass is 16.2. The summed E-state index contributed by atoms with van der Waals surface area (Å²) >= 11 is 0. The van der Waals surface area contributed by atoms with E-state index in [4.69, 9.17) is 5.73 Å². The summed E-state index contributed by atoms with van der Waals surface area (Å²) in [5.74, 6) is -0.0518. The Morgan fingerprint density at radius 3 is 2.83 bits per heavy atom. The summed E-state index contributed by atoms with van der Waals surface area (Å²) in [7, 11) is 4.08. The van der Waals surface area contributed by atoms with E-state index in [2.05, 4.69) is 10.00 Å². The minimum absolute atomic E-state index is 0.0518. The van der Waals surface area contributed by atoms with E-state index in [1.165, 1.54) is 0 Å². The van der Waals surface area contributed by atoms with Crippen LogP contribution >= 0.6 is 0 Å². The van der Waals surface area contributed by atoms with Crippen LogP contribution in [0.3, 0.4) is 0 Å². The topological polar surface area (TPSA) is 67.4 Å². The maximum Gasteiger partial charge on any atom is 0.276 e. The van der Waals surface area contributed by atoms with Gasteiger partial charge < -0.3 is 15.5 Å². The van der Waals surface area contributed by atoms with E-state index < -0.39 is 0 Å². The van der Waals surface area contributed by atoms with Crippen molar-refractivity contribution < 1.29 is 4.79 Å². The van der Waals surface area contributed by atoms with Gasteiger partial charge in [0.25, 0.3) is 5.91 Å². The van der Waals surface area contributed by atoms with E-state index in [1.807, 2.05) is 25.9 Å². The van der Waals surface area contributed by atoms with Crippen molar-refractivity contribution in [1.29, 1.82) is 0 Å². The maximum atomic E-state index is 12.3. The highest BCUT2D eigenvalue weighted by Gasteiger charge is 2.30. The van der Waals surface area contributed by atoms with Crippen molar-refractivity contribution >= 4 is 11.6 Å². The van der Waals surface area contributed by atoms with Crippen LogP contribution in [0.4, 0.5) is 5.69 Å². The van der Waals surface area contributed by atoms with Gasteiger partial charge in [-0.1, -0.05) is 0 Å². The van der Waals surface area contributed by atoms with Crippen LogP contribution in [-0.2, 0) is 6.54 Å². The molecular weight excluding hydrogens is 230 g/mol. The first-order chi connectivity index (χ1) is 8.52. The van der Waals surface area contributed by atoms with Crippen LogP contribution in [0.5, 0.6) is 0 Å². The minimum atomic E-state index is -0.0518. The average molecular weight is 251 g/mol. The number of nitrogen functional groups attached to an aromatic ring is 1. The molecule has 1 aliphatic rings. The van der Waals surface area contributed by atoms with E-state index in [0.717, 1.165) is 26.1 Å². The molecule has 6 heteroatoms. The minimum Gasteiger partial charge on any atom is -0.396 e. The number of hydrogen-bond donors (Lipinski definition) is 1. The Balaban J connectivity index is 2.10. The van der Waals surface area contributed by atoms with E-state index in [0.29, 0.717) is 17.4 Å². The van der Waals surface area contributed by atoms with Crippen molar-refractivity contribution in [3.63, 3.8) is 0 Å². The number of rotatable bonds is 3. The van der Waals surface area contributed by atoms with Crippen LogP contribution in [0.1, 0.15) is 23.8 Å². The van der Waals surface area contributed by atoms with Crippen molar-refractivity contribution in [1.82, 2.24) is 19.6 Å². The van der Waals surface area contributed by atoms with Gasteiger partial charge in [0.2, 0.25) is 0 Å². The second-order valence-corrected chi connectivity index (χ2v) is 4.95. The molecular formula is C12H21N5O. The summed E-state index contributed by atoms with van der Waals surface area (Å²) in [4.78, 5) is 16.3. The molecule has 0 aliphatic carbocycles. The van der Waals surface area contributed by atoms with Crippen molar-refractivity contribution in [2.75, 3.05) is 32.9 Å². The molecule has 1 unspecified atom stereocenters. The quantitative estimate of drug-likeness (QED) is 0.837. The molecule has 1 aromatic heterocycles. The Bertz CT molecular complexity index is 440. The van der Waals surface area contributed by atoms with E-state index in [1.54, 1.807) is 10.9 Å². The summed E-state index contributed by atoms with van der Waals surface area (Å²) in [6.07, 6.45) is 2.72. The van der Waals surface area contributed by atoms with Gasteiger partial charge in [0.15, 0.2) is 5.69 Å². The zero-order valence-corrected chi connectivity index (χ0v) is 11.3. The first kappa shape index (κ1) is 12.9. The molecule has 1 aromatic rings. The van der Waals surface area contributed by atoms with Gasteiger partial charge in [0.1, 0.15) is 0 Å². The fourth-order valence-electron chi connectivity index (χ4n) is 2.26. The summed E-state index contributed by atoms with van der Waals surface area (Å²) in [5, 5.41) is 4.23. The lowest BCUT2D eigenvalue weighted by atomic mass is 10.2. The largest absolute Gasteiger partial charge is 0.396 e. The second-order valence-electron chi connectivity index (χ2n) is 4.95. The zero-order valence-electron chi connectivity index (χ0n) is 11.3. The third kappa shape index (κ3) is 2.33. The molecule has 0 bridgehead atoms. The molecule has 2 rings (SSSR count). The average Bonchev–Trinajstić information content (AvgIpc) is 2.94. The molecule has 0 spiro atoms. The number of carbonyl (C=O) groups is 1. The molecule has 2 N–H and O–H groups in total. The van der Waals surface area contributed by atoms with Gasteiger partial charge in [-0.2, -0.15) is 5.10 Å². The SMILES string of the molecule is CCn1cc(N)c(C(=O)N2CCC(N(C)C)C2)n1. The van der Waals surface area contributed by atoms with Gasteiger partial charge in [-0.3, -0.25) is 9.48 Å². The number of anilines is 1. The molecule has 18 heavy (non-hydrogen) atoms. The normalized spacial score (nSPS) is 19.8. The molecule has 0 aromatic carbocycles. The van der Waals surface area contributed by atoms with E-state index in [-0.39, 0.29) is 5.91 Å². The summed E-state index contributed by atoms with van der Waals surface area (Å²) < 4.78 is 1.70. The molecule has 0 radical (unpaired) electrons. The summed E-state index contributed by atoms with van der Waals surface area (Å²) in [6, 6.07) is 0.434. The highest BCUT2D eigenvalue weighted by Crippen LogP contribution is 2.18. The standard InChI is InChI=1S/C12H21N5O/c1-4-17-8-10(13)11(14-17)12(18)16-6-5-9(7-16)15(2)3/h8-9H,4-7,13H2,1-3H3. The van der Waals surface area contributed by atoms with Crippen molar-refractivity contribution in [2.45, 2.75) is 25.9 Å². The van der Waals surface area contributed by atoms with Gasteiger partial charge in [-0.15, -0.1) is 0 Å². The molecule has 1 fully saturated rings. The lowest BCUT2D eigenvalue weighted by Crippen LogP contribution is -2.35. The predicted molar refractivity (Wildman–Crippen MR) is 70.3 cm³/mol. The fourth-order valence-corrected chi connectivity index (χ4v) is 2.26. The number of likely N-dealkylation sites (tertiary alicyclic amines) is 1. The number of aromatic nitrogens is 2. The Morgan fingerprint density at radius 2 is 2.33 bits per heavy atom. The Morgan fingerprint density at radius 1 is 1.61 bits per heavy atom. The number of likely N-dealkylation sites (N-methyl/N-ethyl adjacent to an activating group) is 1. The third-order valence-electron chi connectivity index (χ3n) is 3.50. The number of hydrogen-bond acceptors (Lipinski definition) is 4. The molecule has 1 saturated heterocycles. The van der Waals surface area contributed by atoms with E-state index >= 15 is 0 Å². The number of aryl methyl sites for hydroxylation is 1. The molecule has 0 saturated carbocycles. The van der Waals surface area contributed by atoms with Gasteiger partial charge in [0, 0.05) is 31.9 Å². The van der Waals surface area contributed by atoms with Crippen LogP contribution in [0.2, 0.25) is 0 Å². The van der Waals surface area contributed by atoms with Gasteiger partial charge >= 0.3 is 0 Å². The summed E-state index contributed by atoms with van der Waals surface area (Å²) in [5.41, 5.74) is 6.69. The van der Waals surface area contributed by atoms with Crippen molar-refractivity contribution in [2.24, 2.45) is 0 Å². The predicted octanol–water partition coefficient (Wildman–Crippen LogP) is 0.261. The number of amides is 1. The van der Waals surface area contributed by atoms with Crippen LogP contribution < -0.4 is 5.73 Å². The van der Waals surface area contributed by atoms with Crippen molar-refractivity contribution in [3.05, 3.63) is 11.9 Å². The van der Waals surface area contributed by atoms with Crippen LogP contribution in [0, 0.1) is 0 Å². The molecule has 6 nitrogen and oxygen atoms in total. The maximum absolute atomic E-state index is 12.3. The zero-order chi connectivity index (χ0) is 13.3. The lowest BCUT2D eigenvalue weighted by molar-refractivity contribution is 0.0777. The Hall–Kier alpha value is -1.56. The highest BCUT2D eigenvalue weighted by molar-refractivity contribution is 5.97. The third-order valence-corrected chi connectivity index (χ3v) is 3.50. The van der Waals surface area contributed by atoms with Crippen LogP contribution in [0.15, 0.2) is 6.20 Å². The molecule has 100 valence electrons. The monoisotopic (exact) mass is 251 g/mol. The molecule has 2 heterocycles. The molecule has 1 aliphatic heterocycles. The Kier molecular flexibility index (Phi) is 3.56. The molecule has 1 amide bonds. The van der Waals surface area contributed by atoms with Gasteiger partial charge in [-0.05, 0) is 27.4 Å². The van der Waals surface area contributed by atoms with E-state index in [9.17, 15) is 4.79 Å². The lowest BCUT2D eigenvalue weighted by Gasteiger charge is -2.19. The van der Waals surface area contributed by atoms with Crippen LogP contribution in [0.25, 0.3) is 0 Å². The number of carbonyl (C=O) groups excluding carboxylic acids is 1. The number of nitrogens with zero attached hydrogens (tertiary/aromatic N) is 4. The summed E-state index contributed by atoms with van der Waals surface area (Å²) in [6.45, 7) is 4.22. The van der Waals surface area contributed by atoms with Crippen molar-refractivity contribution in [3.8, 4) is 0 Å². The number of nitrogens with two attached hydrogens (primary N) is 1. The fraction of sp³-hybridized carbons (Fsp3) is 0.667. The first-order valence-corrected chi connectivity index (χ1v) is 6.31. The van der Waals surface area contributed by atoms with Gasteiger partial charge in [-0.25, -0.2) is 0 Å². The smallest absolute Gasteiger partial charge is 0.276 e. The van der Waals surface area contributed by atoms with Crippen LogP contribution in [-0.4, -0.2) is 58.7 Å². The molecule has 1 atom stereocenters.